The summed E-state index contributed by atoms with van der Waals surface area (Å²) in [6.45, 7) is 1.61. The molecule has 0 radical (unpaired) electrons. The summed E-state index contributed by atoms with van der Waals surface area (Å²) in [6, 6.07) is 0. The summed E-state index contributed by atoms with van der Waals surface area (Å²) in [7, 11) is -3.88. The van der Waals surface area contributed by atoms with Crippen molar-refractivity contribution in [3.8, 4) is 0 Å². The van der Waals surface area contributed by atoms with Gasteiger partial charge >= 0.3 is 0 Å². The molecule has 0 aromatic rings. The van der Waals surface area contributed by atoms with Crippen molar-refractivity contribution in [2.45, 2.75) is 31.4 Å². The maximum atomic E-state index is 12.4. The molecule has 1 rings (SSSR count). The van der Waals surface area contributed by atoms with Gasteiger partial charge in [0.1, 0.15) is 0 Å². The molecule has 10 heavy (non-hydrogen) atoms. The molecule has 1 saturated heterocycles. The summed E-state index contributed by atoms with van der Waals surface area (Å²) >= 11 is 0. The third kappa shape index (κ3) is 1.46. The zero-order valence-corrected chi connectivity index (χ0v) is 6.40. The second-order valence-electron chi connectivity index (χ2n) is 2.39. The number of halogens is 1. The van der Waals surface area contributed by atoms with E-state index in [9.17, 15) is 12.8 Å². The molecular weight excluding hydrogens is 159 g/mol. The molecule has 2 unspecified atom stereocenters. The van der Waals surface area contributed by atoms with Crippen molar-refractivity contribution in [2.75, 3.05) is 0 Å². The molecule has 0 aromatic heterocycles. The summed E-state index contributed by atoms with van der Waals surface area (Å²) in [5, 5.41) is 0. The minimum absolute atomic E-state index is 0.0590. The van der Waals surface area contributed by atoms with E-state index in [1.165, 1.54) is 0 Å². The van der Waals surface area contributed by atoms with Crippen LogP contribution in [0.5, 0.6) is 0 Å². The second-order valence-corrected chi connectivity index (χ2v) is 4.08. The van der Waals surface area contributed by atoms with Gasteiger partial charge < -0.3 is 0 Å². The maximum absolute atomic E-state index is 12.4. The first-order chi connectivity index (χ1) is 4.52. The van der Waals surface area contributed by atoms with Gasteiger partial charge in [-0.25, -0.2) is 4.39 Å². The van der Waals surface area contributed by atoms with Crippen LogP contribution in [0.15, 0.2) is 0 Å². The Morgan fingerprint density at radius 3 is 2.50 bits per heavy atom. The van der Waals surface area contributed by atoms with Crippen LogP contribution in [0.1, 0.15) is 19.8 Å². The van der Waals surface area contributed by atoms with Gasteiger partial charge in [0.15, 0.2) is 0 Å². The van der Waals surface area contributed by atoms with Crippen molar-refractivity contribution in [3.63, 3.8) is 0 Å². The highest BCUT2D eigenvalue weighted by Crippen LogP contribution is 2.22. The van der Waals surface area contributed by atoms with Crippen LogP contribution < -0.4 is 0 Å². The third-order valence-electron chi connectivity index (χ3n) is 1.41. The molecule has 1 aliphatic heterocycles. The highest BCUT2D eigenvalue weighted by molar-refractivity contribution is 7.87. The maximum Gasteiger partial charge on any atom is 0.300 e. The van der Waals surface area contributed by atoms with Gasteiger partial charge in [0.2, 0.25) is 5.50 Å². The average molecular weight is 168 g/mol. The van der Waals surface area contributed by atoms with Gasteiger partial charge in [0, 0.05) is 0 Å². The van der Waals surface area contributed by atoms with E-state index in [0.29, 0.717) is 6.42 Å². The van der Waals surface area contributed by atoms with E-state index in [-0.39, 0.29) is 12.5 Å². The van der Waals surface area contributed by atoms with Crippen LogP contribution in [-0.4, -0.2) is 20.0 Å². The van der Waals surface area contributed by atoms with E-state index in [4.69, 9.17) is 0 Å². The molecule has 0 spiro atoms. The van der Waals surface area contributed by atoms with E-state index in [0.717, 1.165) is 0 Å². The standard InChI is InChI=1S/C5H9FO3S/c1-4-2-3-5(6)10(7,8)9-4/h4-5H,2-3H2,1H3. The van der Waals surface area contributed by atoms with E-state index in [2.05, 4.69) is 4.18 Å². The lowest BCUT2D eigenvalue weighted by Gasteiger charge is -2.20. The summed E-state index contributed by atoms with van der Waals surface area (Å²) in [5.74, 6) is 0. The first-order valence-corrected chi connectivity index (χ1v) is 4.55. The van der Waals surface area contributed by atoms with Crippen molar-refractivity contribution in [1.29, 1.82) is 0 Å². The average Bonchev–Trinajstić information content (AvgIpc) is 1.78. The van der Waals surface area contributed by atoms with Crippen LogP contribution in [0.4, 0.5) is 4.39 Å². The molecule has 0 N–H and O–H groups in total. The topological polar surface area (TPSA) is 43.4 Å². The molecule has 3 nitrogen and oxygen atoms in total. The predicted octanol–water partition coefficient (Wildman–Crippen LogP) is 0.811. The zero-order chi connectivity index (χ0) is 7.78. The lowest BCUT2D eigenvalue weighted by Crippen LogP contribution is -2.30. The van der Waals surface area contributed by atoms with Crippen molar-refractivity contribution < 1.29 is 17.0 Å². The van der Waals surface area contributed by atoms with Gasteiger partial charge in [-0.1, -0.05) is 0 Å². The molecular formula is C5H9FO3S. The number of rotatable bonds is 0. The Morgan fingerprint density at radius 1 is 1.50 bits per heavy atom. The van der Waals surface area contributed by atoms with Gasteiger partial charge in [-0.05, 0) is 19.8 Å². The van der Waals surface area contributed by atoms with Gasteiger partial charge in [0.05, 0.1) is 6.10 Å². The van der Waals surface area contributed by atoms with Crippen molar-refractivity contribution in [2.24, 2.45) is 0 Å². The highest BCUT2D eigenvalue weighted by atomic mass is 32.2. The lowest BCUT2D eigenvalue weighted by atomic mass is 10.2. The lowest BCUT2D eigenvalue weighted by molar-refractivity contribution is 0.162. The van der Waals surface area contributed by atoms with E-state index in [1.807, 2.05) is 0 Å². The van der Waals surface area contributed by atoms with Crippen molar-refractivity contribution in [3.05, 3.63) is 0 Å². The Hall–Kier alpha value is -0.160. The summed E-state index contributed by atoms with van der Waals surface area (Å²) in [5.41, 5.74) is -1.82. The minimum Gasteiger partial charge on any atom is -0.265 e. The second kappa shape index (κ2) is 2.47. The van der Waals surface area contributed by atoms with E-state index >= 15 is 0 Å². The molecule has 1 fully saturated rings. The fourth-order valence-corrected chi connectivity index (χ4v) is 1.95. The number of hydrogen-bond donors (Lipinski definition) is 0. The van der Waals surface area contributed by atoms with Crippen LogP contribution in [0.3, 0.4) is 0 Å². The molecule has 0 aliphatic carbocycles. The Balaban J connectivity index is 2.74. The first-order valence-electron chi connectivity index (χ1n) is 3.08. The Labute approximate surface area is 59.3 Å². The van der Waals surface area contributed by atoms with Crippen LogP contribution in [-0.2, 0) is 14.3 Å². The zero-order valence-electron chi connectivity index (χ0n) is 5.58. The normalized spacial score (nSPS) is 39.4. The summed E-state index contributed by atoms with van der Waals surface area (Å²) in [6.07, 6.45) is 0.168. The number of hydrogen-bond acceptors (Lipinski definition) is 3. The highest BCUT2D eigenvalue weighted by Gasteiger charge is 2.33. The summed E-state index contributed by atoms with van der Waals surface area (Å²) < 4.78 is 38.0. The van der Waals surface area contributed by atoms with Crippen LogP contribution in [0.25, 0.3) is 0 Å². The fourth-order valence-electron chi connectivity index (χ4n) is 0.847. The molecule has 0 amide bonds. The molecule has 5 heteroatoms. The fraction of sp³-hybridized carbons (Fsp3) is 1.00. The molecule has 1 aliphatic rings. The molecule has 60 valence electrons. The van der Waals surface area contributed by atoms with Gasteiger partial charge in [-0.3, -0.25) is 4.18 Å². The minimum atomic E-state index is -3.88. The largest absolute Gasteiger partial charge is 0.300 e. The predicted molar refractivity (Wildman–Crippen MR) is 33.6 cm³/mol. The first kappa shape index (κ1) is 7.94. The van der Waals surface area contributed by atoms with Gasteiger partial charge in [-0.15, -0.1) is 0 Å². The monoisotopic (exact) mass is 168 g/mol. The summed E-state index contributed by atoms with van der Waals surface area (Å²) in [4.78, 5) is 0. The quantitative estimate of drug-likeness (QED) is 0.503. The Bertz CT molecular complexity index is 211. The molecule has 2 atom stereocenters. The van der Waals surface area contributed by atoms with Gasteiger partial charge in [-0.2, -0.15) is 8.42 Å². The molecule has 1 heterocycles. The SMILES string of the molecule is CC1CCC(F)S(=O)(=O)O1. The smallest absolute Gasteiger partial charge is 0.265 e. The molecule has 0 bridgehead atoms. The van der Waals surface area contributed by atoms with Crippen LogP contribution in [0, 0.1) is 0 Å². The van der Waals surface area contributed by atoms with E-state index in [1.54, 1.807) is 6.92 Å². The third-order valence-corrected chi connectivity index (χ3v) is 2.87. The number of alkyl halides is 1. The van der Waals surface area contributed by atoms with Crippen LogP contribution in [0.2, 0.25) is 0 Å². The molecule has 0 saturated carbocycles. The van der Waals surface area contributed by atoms with Crippen molar-refractivity contribution >= 4 is 10.1 Å². The molecule has 0 aromatic carbocycles. The van der Waals surface area contributed by atoms with Crippen LogP contribution >= 0.6 is 0 Å². The Morgan fingerprint density at radius 2 is 2.10 bits per heavy atom. The van der Waals surface area contributed by atoms with Crippen molar-refractivity contribution in [1.82, 2.24) is 0 Å². The Kier molecular flexibility index (Phi) is 1.96. The van der Waals surface area contributed by atoms with Gasteiger partial charge in [0.25, 0.3) is 10.1 Å². The van der Waals surface area contributed by atoms with E-state index < -0.39 is 15.6 Å².